The first-order valence-electron chi connectivity index (χ1n) is 7.87. The summed E-state index contributed by atoms with van der Waals surface area (Å²) in [5.41, 5.74) is 3.66. The molecule has 2 aromatic heterocycles. The molecule has 0 aliphatic carbocycles. The van der Waals surface area contributed by atoms with Crippen LogP contribution in [-0.4, -0.2) is 21.0 Å². The minimum absolute atomic E-state index is 0.0583. The van der Waals surface area contributed by atoms with Gasteiger partial charge in [0.1, 0.15) is 5.82 Å². The Morgan fingerprint density at radius 1 is 1.17 bits per heavy atom. The summed E-state index contributed by atoms with van der Waals surface area (Å²) in [6.45, 7) is 3.70. The number of aliphatic hydroxyl groups excluding tert-OH is 1. The van der Waals surface area contributed by atoms with Gasteiger partial charge in [0.15, 0.2) is 0 Å². The molecule has 0 fully saturated rings. The van der Waals surface area contributed by atoms with Gasteiger partial charge in [0.05, 0.1) is 12.3 Å². The van der Waals surface area contributed by atoms with E-state index in [0.29, 0.717) is 17.9 Å². The second kappa shape index (κ2) is 6.76. The standard InChI is InChI=1S/C19H19N3O2/c1-3-18(24)22-17-9-13-4-5-14(8-15(13)10-21-17)19-12(2)6-7-20-16(19)11-23/h4-10,23H,3,11H2,1-2H3,(H,21,22,24). The van der Waals surface area contributed by atoms with Crippen LogP contribution in [0.15, 0.2) is 42.7 Å². The first-order valence-corrected chi connectivity index (χ1v) is 7.87. The zero-order valence-electron chi connectivity index (χ0n) is 13.7. The lowest BCUT2D eigenvalue weighted by Gasteiger charge is -2.11. The maximum Gasteiger partial charge on any atom is 0.225 e. The number of pyridine rings is 2. The fraction of sp³-hybridized carbons (Fsp3) is 0.211. The maximum atomic E-state index is 11.5. The molecule has 1 aromatic carbocycles. The lowest BCUT2D eigenvalue weighted by molar-refractivity contribution is -0.115. The number of anilines is 1. The Balaban J connectivity index is 2.04. The Kier molecular flexibility index (Phi) is 4.53. The lowest BCUT2D eigenvalue weighted by Crippen LogP contribution is -2.10. The van der Waals surface area contributed by atoms with E-state index in [9.17, 15) is 9.90 Å². The molecule has 0 aliphatic rings. The Labute approximate surface area is 140 Å². The number of hydrogen-bond donors (Lipinski definition) is 2. The van der Waals surface area contributed by atoms with Gasteiger partial charge in [-0.15, -0.1) is 0 Å². The number of nitrogens with one attached hydrogen (secondary N) is 1. The Morgan fingerprint density at radius 3 is 2.75 bits per heavy atom. The SMILES string of the molecule is CCC(=O)Nc1cc2ccc(-c3c(C)ccnc3CO)cc2cn1. The average Bonchev–Trinajstić information content (AvgIpc) is 2.61. The van der Waals surface area contributed by atoms with E-state index in [1.165, 1.54) is 0 Å². The molecule has 0 bridgehead atoms. The topological polar surface area (TPSA) is 75.1 Å². The number of fused-ring (bicyclic) bond motifs is 1. The molecule has 0 unspecified atom stereocenters. The highest BCUT2D eigenvalue weighted by atomic mass is 16.3. The smallest absolute Gasteiger partial charge is 0.225 e. The number of aryl methyl sites for hydroxylation is 1. The summed E-state index contributed by atoms with van der Waals surface area (Å²) in [6, 6.07) is 9.80. The van der Waals surface area contributed by atoms with E-state index in [1.54, 1.807) is 19.3 Å². The molecule has 3 aromatic rings. The van der Waals surface area contributed by atoms with Crippen LogP contribution in [0.1, 0.15) is 24.6 Å². The fourth-order valence-corrected chi connectivity index (χ4v) is 2.73. The average molecular weight is 321 g/mol. The molecule has 5 heteroatoms. The minimum Gasteiger partial charge on any atom is -0.390 e. The number of benzene rings is 1. The molecule has 0 saturated carbocycles. The summed E-state index contributed by atoms with van der Waals surface area (Å²) in [6.07, 6.45) is 3.87. The summed E-state index contributed by atoms with van der Waals surface area (Å²) >= 11 is 0. The Hall–Kier alpha value is -2.79. The van der Waals surface area contributed by atoms with Crippen LogP contribution in [0, 0.1) is 6.92 Å². The molecule has 2 N–H and O–H groups in total. The highest BCUT2D eigenvalue weighted by Gasteiger charge is 2.10. The van der Waals surface area contributed by atoms with Crippen LogP contribution < -0.4 is 5.32 Å². The molecular weight excluding hydrogens is 302 g/mol. The molecule has 0 aliphatic heterocycles. The summed E-state index contributed by atoms with van der Waals surface area (Å²) < 4.78 is 0. The normalized spacial score (nSPS) is 10.8. The summed E-state index contributed by atoms with van der Waals surface area (Å²) in [4.78, 5) is 20.0. The van der Waals surface area contributed by atoms with Gasteiger partial charge < -0.3 is 10.4 Å². The molecule has 0 atom stereocenters. The number of hydrogen-bond acceptors (Lipinski definition) is 4. The number of aromatic nitrogens is 2. The van der Waals surface area contributed by atoms with E-state index >= 15 is 0 Å². The highest BCUT2D eigenvalue weighted by Crippen LogP contribution is 2.29. The third-order valence-corrected chi connectivity index (χ3v) is 3.99. The Bertz CT molecular complexity index is 906. The number of carbonyl (C=O) groups is 1. The van der Waals surface area contributed by atoms with Gasteiger partial charge in [-0.3, -0.25) is 9.78 Å². The van der Waals surface area contributed by atoms with Crippen molar-refractivity contribution in [2.45, 2.75) is 26.9 Å². The number of amides is 1. The van der Waals surface area contributed by atoms with Crippen molar-refractivity contribution in [2.75, 3.05) is 5.32 Å². The van der Waals surface area contributed by atoms with Crippen molar-refractivity contribution in [1.29, 1.82) is 0 Å². The van der Waals surface area contributed by atoms with Crippen molar-refractivity contribution in [3.63, 3.8) is 0 Å². The zero-order valence-corrected chi connectivity index (χ0v) is 13.7. The van der Waals surface area contributed by atoms with Crippen LogP contribution in [0.3, 0.4) is 0 Å². The second-order valence-electron chi connectivity index (χ2n) is 5.64. The van der Waals surface area contributed by atoms with Gasteiger partial charge in [-0.05, 0) is 41.6 Å². The number of rotatable bonds is 4. The fourth-order valence-electron chi connectivity index (χ4n) is 2.73. The van der Waals surface area contributed by atoms with Crippen molar-refractivity contribution < 1.29 is 9.90 Å². The summed E-state index contributed by atoms with van der Waals surface area (Å²) in [5, 5.41) is 14.3. The molecule has 24 heavy (non-hydrogen) atoms. The molecule has 0 spiro atoms. The first kappa shape index (κ1) is 16.1. The van der Waals surface area contributed by atoms with Crippen LogP contribution in [0.25, 0.3) is 21.9 Å². The largest absolute Gasteiger partial charge is 0.390 e. The van der Waals surface area contributed by atoms with Crippen LogP contribution in [0.5, 0.6) is 0 Å². The highest BCUT2D eigenvalue weighted by molar-refractivity contribution is 5.94. The quantitative estimate of drug-likeness (QED) is 0.772. The zero-order chi connectivity index (χ0) is 17.1. The molecule has 3 rings (SSSR count). The maximum absolute atomic E-state index is 11.5. The van der Waals surface area contributed by atoms with Crippen molar-refractivity contribution >= 4 is 22.5 Å². The van der Waals surface area contributed by atoms with E-state index in [-0.39, 0.29) is 12.5 Å². The van der Waals surface area contributed by atoms with Crippen LogP contribution in [-0.2, 0) is 11.4 Å². The van der Waals surface area contributed by atoms with Crippen molar-refractivity contribution in [3.05, 3.63) is 54.0 Å². The molecule has 5 nitrogen and oxygen atoms in total. The first-order chi connectivity index (χ1) is 11.6. The van der Waals surface area contributed by atoms with Crippen molar-refractivity contribution in [1.82, 2.24) is 9.97 Å². The minimum atomic E-state index is -0.102. The monoisotopic (exact) mass is 321 g/mol. The molecular formula is C19H19N3O2. The van der Waals surface area contributed by atoms with Crippen LogP contribution >= 0.6 is 0 Å². The number of carbonyl (C=O) groups excluding carboxylic acids is 1. The third kappa shape index (κ3) is 3.12. The summed E-state index contributed by atoms with van der Waals surface area (Å²) in [5.74, 6) is 0.493. The lowest BCUT2D eigenvalue weighted by atomic mass is 9.97. The molecule has 2 heterocycles. The number of nitrogens with zero attached hydrogens (tertiary/aromatic N) is 2. The second-order valence-corrected chi connectivity index (χ2v) is 5.64. The van der Waals surface area contributed by atoms with Gasteiger partial charge in [0.25, 0.3) is 0 Å². The van der Waals surface area contributed by atoms with E-state index in [0.717, 1.165) is 27.5 Å². The van der Waals surface area contributed by atoms with Gasteiger partial charge >= 0.3 is 0 Å². The molecule has 0 radical (unpaired) electrons. The van der Waals surface area contributed by atoms with Crippen molar-refractivity contribution in [2.24, 2.45) is 0 Å². The summed E-state index contributed by atoms with van der Waals surface area (Å²) in [7, 11) is 0. The predicted molar refractivity (Wildman–Crippen MR) is 94.6 cm³/mol. The molecule has 1 amide bonds. The van der Waals surface area contributed by atoms with Crippen LogP contribution in [0.4, 0.5) is 5.82 Å². The predicted octanol–water partition coefficient (Wildman–Crippen LogP) is 3.45. The van der Waals surface area contributed by atoms with Crippen molar-refractivity contribution in [3.8, 4) is 11.1 Å². The van der Waals surface area contributed by atoms with Gasteiger partial charge in [-0.1, -0.05) is 19.1 Å². The van der Waals surface area contributed by atoms with E-state index < -0.39 is 0 Å². The third-order valence-electron chi connectivity index (χ3n) is 3.99. The van der Waals surface area contributed by atoms with Crippen LogP contribution in [0.2, 0.25) is 0 Å². The van der Waals surface area contributed by atoms with E-state index in [2.05, 4.69) is 15.3 Å². The van der Waals surface area contributed by atoms with E-state index in [1.807, 2.05) is 37.3 Å². The van der Waals surface area contributed by atoms with Gasteiger partial charge in [0, 0.05) is 29.8 Å². The van der Waals surface area contributed by atoms with Gasteiger partial charge in [-0.25, -0.2) is 4.98 Å². The van der Waals surface area contributed by atoms with Gasteiger partial charge in [0.2, 0.25) is 5.91 Å². The number of aliphatic hydroxyl groups is 1. The molecule has 122 valence electrons. The molecule has 0 saturated heterocycles. The van der Waals surface area contributed by atoms with Gasteiger partial charge in [-0.2, -0.15) is 0 Å². The van der Waals surface area contributed by atoms with E-state index in [4.69, 9.17) is 0 Å². The Morgan fingerprint density at radius 2 is 2.00 bits per heavy atom.